The second-order valence-electron chi connectivity index (χ2n) is 8.25. The zero-order valence-electron chi connectivity index (χ0n) is 19.8. The summed E-state index contributed by atoms with van der Waals surface area (Å²) < 4.78 is 30.3. The van der Waals surface area contributed by atoms with Gasteiger partial charge in [0, 0.05) is 41.1 Å². The predicted molar refractivity (Wildman–Crippen MR) is 150 cm³/mol. The summed E-state index contributed by atoms with van der Waals surface area (Å²) in [7, 11) is -3.58. The minimum Gasteiger partial charge on any atom is -0.369 e. The summed E-state index contributed by atoms with van der Waals surface area (Å²) in [6.07, 6.45) is 3.75. The van der Waals surface area contributed by atoms with Crippen molar-refractivity contribution in [2.75, 3.05) is 18.4 Å². The second kappa shape index (κ2) is 11.1. The van der Waals surface area contributed by atoms with Crippen molar-refractivity contribution >= 4 is 31.8 Å². The molecule has 0 spiro atoms. The molecule has 0 bridgehead atoms. The monoisotopic (exact) mass is 573 g/mol. The Balaban J connectivity index is 1.34. The molecule has 186 valence electrons. The molecule has 2 aromatic heterocycles. The number of nitrogens with one attached hydrogen (secondary N) is 2. The third kappa shape index (κ3) is 5.96. The van der Waals surface area contributed by atoms with Gasteiger partial charge in [0.1, 0.15) is 11.5 Å². The Labute approximate surface area is 224 Å². The van der Waals surface area contributed by atoms with Crippen LogP contribution in [0.25, 0.3) is 28.1 Å². The van der Waals surface area contributed by atoms with Crippen LogP contribution in [0, 0.1) is 0 Å². The topological polar surface area (TPSA) is 88.9 Å². The molecule has 2 N–H and O–H groups in total. The first-order valence-electron chi connectivity index (χ1n) is 11.7. The van der Waals surface area contributed by atoms with Gasteiger partial charge < -0.3 is 5.32 Å². The number of anilines is 1. The lowest BCUT2D eigenvalue weighted by Crippen LogP contribution is -2.29. The standard InChI is InChI=1S/C28H24BrN5O2S/c29-23-11-13-25(14-12-23)37(35,36)32-18-17-31-27-19-22(15-16-30-27)26-20-34(24-9-5-2-6-10-24)33-28(26)21-7-3-1-4-8-21/h1-16,19-20,32H,17-18H2,(H,30,31). The van der Waals surface area contributed by atoms with E-state index in [9.17, 15) is 8.42 Å². The summed E-state index contributed by atoms with van der Waals surface area (Å²) in [5, 5.41) is 8.10. The molecule has 0 unspecified atom stereocenters. The van der Waals surface area contributed by atoms with E-state index in [1.807, 2.05) is 83.7 Å². The van der Waals surface area contributed by atoms with E-state index in [0.717, 1.165) is 32.5 Å². The fourth-order valence-electron chi connectivity index (χ4n) is 3.88. The number of pyridine rings is 1. The van der Waals surface area contributed by atoms with E-state index in [1.54, 1.807) is 30.5 Å². The third-order valence-electron chi connectivity index (χ3n) is 5.70. The van der Waals surface area contributed by atoms with Gasteiger partial charge in [-0.15, -0.1) is 0 Å². The highest BCUT2D eigenvalue weighted by molar-refractivity contribution is 9.10. The van der Waals surface area contributed by atoms with Crippen molar-refractivity contribution in [2.24, 2.45) is 0 Å². The molecule has 5 aromatic rings. The number of nitrogens with zero attached hydrogens (tertiary/aromatic N) is 3. The summed E-state index contributed by atoms with van der Waals surface area (Å²) in [6, 6.07) is 30.4. The summed E-state index contributed by atoms with van der Waals surface area (Å²) in [4.78, 5) is 4.64. The Kier molecular flexibility index (Phi) is 7.45. The SMILES string of the molecule is O=S(=O)(NCCNc1cc(-c2cn(-c3ccccc3)nc2-c2ccccc2)ccn1)c1ccc(Br)cc1. The average Bonchev–Trinajstić information content (AvgIpc) is 3.38. The van der Waals surface area contributed by atoms with Crippen LogP contribution >= 0.6 is 15.9 Å². The Morgan fingerprint density at radius 1 is 0.811 bits per heavy atom. The normalized spacial score (nSPS) is 11.4. The van der Waals surface area contributed by atoms with Gasteiger partial charge in [-0.3, -0.25) is 0 Å². The molecule has 0 aliphatic heterocycles. The summed E-state index contributed by atoms with van der Waals surface area (Å²) in [5.41, 5.74) is 4.77. The van der Waals surface area contributed by atoms with Crippen molar-refractivity contribution in [2.45, 2.75) is 4.90 Å². The van der Waals surface area contributed by atoms with Crippen molar-refractivity contribution in [3.63, 3.8) is 0 Å². The highest BCUT2D eigenvalue weighted by Crippen LogP contribution is 2.32. The molecule has 5 rings (SSSR count). The van der Waals surface area contributed by atoms with Crippen LogP contribution in [-0.4, -0.2) is 36.3 Å². The van der Waals surface area contributed by atoms with Gasteiger partial charge in [0.15, 0.2) is 0 Å². The highest BCUT2D eigenvalue weighted by Gasteiger charge is 2.15. The quantitative estimate of drug-likeness (QED) is 0.219. The first-order valence-corrected chi connectivity index (χ1v) is 13.9. The first-order chi connectivity index (χ1) is 18.0. The molecule has 0 radical (unpaired) electrons. The molecule has 7 nitrogen and oxygen atoms in total. The van der Waals surface area contributed by atoms with E-state index in [-0.39, 0.29) is 11.4 Å². The second-order valence-corrected chi connectivity index (χ2v) is 10.9. The molecule has 0 fully saturated rings. The zero-order valence-corrected chi connectivity index (χ0v) is 22.2. The van der Waals surface area contributed by atoms with Crippen LogP contribution in [0.1, 0.15) is 0 Å². The van der Waals surface area contributed by atoms with E-state index < -0.39 is 10.0 Å². The third-order valence-corrected chi connectivity index (χ3v) is 7.71. The molecule has 0 saturated heterocycles. The Morgan fingerprint density at radius 2 is 1.51 bits per heavy atom. The van der Waals surface area contributed by atoms with Crippen LogP contribution in [0.4, 0.5) is 5.82 Å². The van der Waals surface area contributed by atoms with E-state index in [2.05, 4.69) is 31.0 Å². The van der Waals surface area contributed by atoms with E-state index in [0.29, 0.717) is 12.4 Å². The maximum absolute atomic E-state index is 12.5. The predicted octanol–water partition coefficient (Wildman–Crippen LogP) is 5.75. The van der Waals surface area contributed by atoms with Gasteiger partial charge in [-0.2, -0.15) is 5.10 Å². The van der Waals surface area contributed by atoms with Crippen LogP contribution < -0.4 is 10.0 Å². The van der Waals surface area contributed by atoms with Crippen LogP contribution in [-0.2, 0) is 10.0 Å². The number of hydrogen-bond acceptors (Lipinski definition) is 5. The van der Waals surface area contributed by atoms with Crippen LogP contribution in [0.15, 0.2) is 119 Å². The molecule has 0 saturated carbocycles. The van der Waals surface area contributed by atoms with E-state index >= 15 is 0 Å². The Hall–Kier alpha value is -3.79. The maximum atomic E-state index is 12.5. The van der Waals surface area contributed by atoms with Crippen molar-refractivity contribution in [1.29, 1.82) is 0 Å². The van der Waals surface area contributed by atoms with E-state index in [4.69, 9.17) is 5.10 Å². The molecule has 3 aromatic carbocycles. The van der Waals surface area contributed by atoms with Gasteiger partial charge >= 0.3 is 0 Å². The van der Waals surface area contributed by atoms with Gasteiger partial charge in [0.05, 0.1) is 10.6 Å². The van der Waals surface area contributed by atoms with Crippen molar-refractivity contribution in [3.05, 3.63) is 114 Å². The molecule has 2 heterocycles. The molecular weight excluding hydrogens is 550 g/mol. The number of aromatic nitrogens is 3. The van der Waals surface area contributed by atoms with Gasteiger partial charge in [-0.1, -0.05) is 64.5 Å². The maximum Gasteiger partial charge on any atom is 0.240 e. The van der Waals surface area contributed by atoms with Crippen molar-refractivity contribution in [1.82, 2.24) is 19.5 Å². The summed E-state index contributed by atoms with van der Waals surface area (Å²) in [6.45, 7) is 0.590. The van der Waals surface area contributed by atoms with Gasteiger partial charge in [0.25, 0.3) is 0 Å². The smallest absolute Gasteiger partial charge is 0.240 e. The number of halogens is 1. The molecule has 0 amide bonds. The molecule has 9 heteroatoms. The number of rotatable bonds is 9. The molecule has 0 aliphatic rings. The Bertz CT molecular complexity index is 1590. The lowest BCUT2D eigenvalue weighted by molar-refractivity contribution is 0.583. The highest BCUT2D eigenvalue weighted by atomic mass is 79.9. The molecule has 37 heavy (non-hydrogen) atoms. The number of benzene rings is 3. The largest absolute Gasteiger partial charge is 0.369 e. The zero-order chi connectivity index (χ0) is 25.7. The molecule has 0 atom stereocenters. The van der Waals surface area contributed by atoms with E-state index in [1.165, 1.54) is 0 Å². The summed E-state index contributed by atoms with van der Waals surface area (Å²) >= 11 is 3.32. The van der Waals surface area contributed by atoms with Gasteiger partial charge in [0.2, 0.25) is 10.0 Å². The molecular formula is C28H24BrN5O2S. The number of sulfonamides is 1. The number of para-hydroxylation sites is 1. The minimum atomic E-state index is -3.58. The summed E-state index contributed by atoms with van der Waals surface area (Å²) in [5.74, 6) is 0.645. The average molecular weight is 575 g/mol. The molecule has 0 aliphatic carbocycles. The fraction of sp³-hybridized carbons (Fsp3) is 0.0714. The van der Waals surface area contributed by atoms with Crippen molar-refractivity contribution < 1.29 is 8.42 Å². The minimum absolute atomic E-state index is 0.214. The van der Waals surface area contributed by atoms with Crippen LogP contribution in [0.5, 0.6) is 0 Å². The lowest BCUT2D eigenvalue weighted by atomic mass is 10.0. The lowest BCUT2D eigenvalue weighted by Gasteiger charge is -2.10. The van der Waals surface area contributed by atoms with Crippen LogP contribution in [0.3, 0.4) is 0 Å². The van der Waals surface area contributed by atoms with Crippen molar-refractivity contribution in [3.8, 4) is 28.1 Å². The number of hydrogen-bond donors (Lipinski definition) is 2. The van der Waals surface area contributed by atoms with Gasteiger partial charge in [-0.25, -0.2) is 22.8 Å². The van der Waals surface area contributed by atoms with Gasteiger partial charge in [-0.05, 0) is 54.1 Å². The van der Waals surface area contributed by atoms with Crippen LogP contribution in [0.2, 0.25) is 0 Å². The fourth-order valence-corrected chi connectivity index (χ4v) is 5.17. The first kappa shape index (κ1) is 24.9. The Morgan fingerprint density at radius 3 is 2.24 bits per heavy atom.